The van der Waals surface area contributed by atoms with E-state index in [4.69, 9.17) is 46.4 Å². The average molecular weight is 748 g/mol. The summed E-state index contributed by atoms with van der Waals surface area (Å²) in [7, 11) is -4.28. The first-order valence-corrected chi connectivity index (χ1v) is 18.6. The minimum atomic E-state index is -4.28. The summed E-state index contributed by atoms with van der Waals surface area (Å²) >= 11 is 25.1. The highest BCUT2D eigenvalue weighted by molar-refractivity contribution is 7.92. The summed E-state index contributed by atoms with van der Waals surface area (Å²) in [4.78, 5) is 30.3. The number of nitrogens with one attached hydrogen (secondary N) is 1. The molecule has 48 heavy (non-hydrogen) atoms. The Morgan fingerprint density at radius 2 is 1.33 bits per heavy atom. The Kier molecular flexibility index (Phi) is 12.3. The van der Waals surface area contributed by atoms with Gasteiger partial charge in [-0.2, -0.15) is 0 Å². The predicted octanol–water partition coefficient (Wildman–Crippen LogP) is 8.58. The molecule has 252 valence electrons. The van der Waals surface area contributed by atoms with Crippen molar-refractivity contribution < 1.29 is 18.0 Å². The molecule has 1 saturated carbocycles. The Labute approximate surface area is 301 Å². The van der Waals surface area contributed by atoms with Crippen molar-refractivity contribution in [3.63, 3.8) is 0 Å². The molecule has 0 unspecified atom stereocenters. The first kappa shape index (κ1) is 36.0. The third-order valence-corrected chi connectivity index (χ3v) is 11.6. The van der Waals surface area contributed by atoms with Gasteiger partial charge in [0.05, 0.1) is 30.7 Å². The summed E-state index contributed by atoms with van der Waals surface area (Å²) in [6, 6.07) is 25.6. The Balaban J connectivity index is 1.58. The van der Waals surface area contributed by atoms with Crippen LogP contribution in [-0.2, 0) is 32.6 Å². The van der Waals surface area contributed by atoms with Crippen molar-refractivity contribution in [3.8, 4) is 0 Å². The van der Waals surface area contributed by atoms with Crippen LogP contribution in [0, 0.1) is 0 Å². The van der Waals surface area contributed by atoms with Gasteiger partial charge >= 0.3 is 0 Å². The van der Waals surface area contributed by atoms with Crippen LogP contribution in [0.1, 0.15) is 43.2 Å². The van der Waals surface area contributed by atoms with Crippen LogP contribution in [0.4, 0.5) is 5.69 Å². The average Bonchev–Trinajstić information content (AvgIpc) is 3.09. The van der Waals surface area contributed by atoms with Gasteiger partial charge in [0.25, 0.3) is 10.0 Å². The van der Waals surface area contributed by atoms with Gasteiger partial charge in [-0.05, 0) is 66.4 Å². The first-order chi connectivity index (χ1) is 23.0. The lowest BCUT2D eigenvalue weighted by Gasteiger charge is -2.35. The molecule has 5 rings (SSSR count). The lowest BCUT2D eigenvalue weighted by molar-refractivity contribution is -0.140. The van der Waals surface area contributed by atoms with Crippen LogP contribution in [-0.4, -0.2) is 43.8 Å². The molecule has 12 heteroatoms. The molecule has 1 atom stereocenters. The van der Waals surface area contributed by atoms with Gasteiger partial charge in [-0.15, -0.1) is 0 Å². The van der Waals surface area contributed by atoms with Crippen molar-refractivity contribution in [2.24, 2.45) is 0 Å². The second kappa shape index (κ2) is 16.4. The van der Waals surface area contributed by atoms with Gasteiger partial charge in [-0.3, -0.25) is 13.9 Å². The van der Waals surface area contributed by atoms with E-state index >= 15 is 0 Å². The van der Waals surface area contributed by atoms with E-state index < -0.39 is 28.5 Å². The Morgan fingerprint density at radius 3 is 1.96 bits per heavy atom. The normalized spacial score (nSPS) is 14.2. The van der Waals surface area contributed by atoms with Crippen molar-refractivity contribution >= 4 is 73.9 Å². The van der Waals surface area contributed by atoms with Crippen LogP contribution in [0.5, 0.6) is 0 Å². The summed E-state index contributed by atoms with van der Waals surface area (Å²) in [5.41, 5.74) is 1.60. The van der Waals surface area contributed by atoms with E-state index in [1.54, 1.807) is 36.4 Å². The number of benzene rings is 4. The maximum atomic E-state index is 14.7. The van der Waals surface area contributed by atoms with E-state index in [9.17, 15) is 18.0 Å². The van der Waals surface area contributed by atoms with Crippen molar-refractivity contribution in [1.82, 2.24) is 10.2 Å². The van der Waals surface area contributed by atoms with E-state index in [1.165, 1.54) is 35.2 Å². The topological polar surface area (TPSA) is 86.8 Å². The molecule has 0 bridgehead atoms. The maximum Gasteiger partial charge on any atom is 0.264 e. The number of anilines is 1. The Morgan fingerprint density at radius 1 is 0.729 bits per heavy atom. The van der Waals surface area contributed by atoms with E-state index in [0.29, 0.717) is 10.6 Å². The molecule has 0 radical (unpaired) electrons. The zero-order chi connectivity index (χ0) is 34.3. The van der Waals surface area contributed by atoms with Crippen LogP contribution in [0.25, 0.3) is 0 Å². The minimum Gasteiger partial charge on any atom is -0.352 e. The highest BCUT2D eigenvalue weighted by atomic mass is 35.5. The number of halogens is 4. The van der Waals surface area contributed by atoms with E-state index in [2.05, 4.69) is 5.32 Å². The molecule has 1 N–H and O–H groups in total. The number of nitrogens with zero attached hydrogens (tertiary/aromatic N) is 2. The molecule has 4 aromatic rings. The van der Waals surface area contributed by atoms with Gasteiger partial charge < -0.3 is 10.2 Å². The zero-order valence-corrected chi connectivity index (χ0v) is 29.8. The molecule has 0 aromatic heterocycles. The van der Waals surface area contributed by atoms with E-state index in [-0.39, 0.29) is 50.6 Å². The molecule has 4 aromatic carbocycles. The Hall–Kier alpha value is -3.27. The Bertz CT molecular complexity index is 1840. The SMILES string of the molecule is O=C(NC1CCCCC1)[C@H](Cc1ccccc1)N(Cc1ccc(Cl)c(Cl)c1)C(=O)CN(c1ccc(Cl)c(Cl)c1)S(=O)(=O)c1ccccc1. The third kappa shape index (κ3) is 9.04. The van der Waals surface area contributed by atoms with Gasteiger partial charge in [0.1, 0.15) is 12.6 Å². The quantitative estimate of drug-likeness (QED) is 0.157. The summed E-state index contributed by atoms with van der Waals surface area (Å²) < 4.78 is 29.3. The molecule has 1 aliphatic rings. The lowest BCUT2D eigenvalue weighted by Crippen LogP contribution is -2.55. The predicted molar refractivity (Wildman–Crippen MR) is 193 cm³/mol. The molecule has 7 nitrogen and oxygen atoms in total. The molecule has 0 aliphatic heterocycles. The molecule has 0 spiro atoms. The number of carbonyl (C=O) groups excluding carboxylic acids is 2. The van der Waals surface area contributed by atoms with Crippen LogP contribution in [0.2, 0.25) is 20.1 Å². The summed E-state index contributed by atoms with van der Waals surface area (Å²) in [6.07, 6.45) is 5.04. The second-order valence-corrected chi connectivity index (χ2v) is 15.2. The highest BCUT2D eigenvalue weighted by Crippen LogP contribution is 2.31. The lowest BCUT2D eigenvalue weighted by atomic mass is 9.94. The molecule has 1 aliphatic carbocycles. The molecule has 0 saturated heterocycles. The van der Waals surface area contributed by atoms with Crippen molar-refractivity contribution in [2.75, 3.05) is 10.8 Å². The van der Waals surface area contributed by atoms with Crippen LogP contribution >= 0.6 is 46.4 Å². The summed E-state index contributed by atoms with van der Waals surface area (Å²) in [6.45, 7) is -0.662. The number of amides is 2. The van der Waals surface area contributed by atoms with Crippen molar-refractivity contribution in [1.29, 1.82) is 0 Å². The summed E-state index contributed by atoms with van der Waals surface area (Å²) in [5.74, 6) is -0.919. The fraction of sp³-hybridized carbons (Fsp3) is 0.278. The van der Waals surface area contributed by atoms with Gasteiger partial charge in [-0.1, -0.05) is 120 Å². The number of sulfonamides is 1. The van der Waals surface area contributed by atoms with Gasteiger partial charge in [0.15, 0.2) is 0 Å². The fourth-order valence-corrected chi connectivity index (χ4v) is 7.86. The molecule has 2 amide bonds. The summed E-state index contributed by atoms with van der Waals surface area (Å²) in [5, 5.41) is 4.17. The zero-order valence-electron chi connectivity index (χ0n) is 26.0. The molecular formula is C36H35Cl4N3O4S. The van der Waals surface area contributed by atoms with Gasteiger partial charge in [0.2, 0.25) is 11.8 Å². The smallest absolute Gasteiger partial charge is 0.264 e. The number of rotatable bonds is 12. The minimum absolute atomic E-state index is 0.0161. The fourth-order valence-electron chi connectivity index (χ4n) is 5.82. The van der Waals surface area contributed by atoms with Gasteiger partial charge in [-0.25, -0.2) is 8.42 Å². The number of carbonyl (C=O) groups is 2. The highest BCUT2D eigenvalue weighted by Gasteiger charge is 2.35. The van der Waals surface area contributed by atoms with Crippen molar-refractivity contribution in [3.05, 3.63) is 128 Å². The van der Waals surface area contributed by atoms with Crippen LogP contribution in [0.3, 0.4) is 0 Å². The molecule has 0 heterocycles. The third-order valence-electron chi connectivity index (χ3n) is 8.36. The van der Waals surface area contributed by atoms with E-state index in [1.807, 2.05) is 30.3 Å². The van der Waals surface area contributed by atoms with Crippen LogP contribution in [0.15, 0.2) is 102 Å². The molecule has 1 fully saturated rings. The maximum absolute atomic E-state index is 14.7. The largest absolute Gasteiger partial charge is 0.352 e. The van der Waals surface area contributed by atoms with E-state index in [0.717, 1.165) is 42.0 Å². The van der Waals surface area contributed by atoms with Crippen LogP contribution < -0.4 is 9.62 Å². The number of hydrogen-bond acceptors (Lipinski definition) is 4. The second-order valence-electron chi connectivity index (χ2n) is 11.7. The van der Waals surface area contributed by atoms with Crippen molar-refractivity contribution in [2.45, 2.75) is 62.0 Å². The number of hydrogen-bond donors (Lipinski definition) is 1. The van der Waals surface area contributed by atoms with Gasteiger partial charge in [0, 0.05) is 19.0 Å². The standard InChI is InChI=1S/C36H35Cl4N3O4S/c37-30-18-16-26(20-32(30)39)23-42(34(21-25-10-4-1-5-11-25)36(45)41-27-12-6-2-7-13-27)35(44)24-43(28-17-19-31(38)33(40)22-28)48(46,47)29-14-8-3-9-15-29/h1,3-5,8-11,14-20,22,27,34H,2,6-7,12-13,21,23-24H2,(H,41,45)/t34-/m0/s1. The monoisotopic (exact) mass is 745 g/mol. The molecular weight excluding hydrogens is 712 g/mol. The first-order valence-electron chi connectivity index (χ1n) is 15.6.